The minimum Gasteiger partial charge on any atom is -0.387 e. The molecule has 0 saturated carbocycles. The molecule has 0 bridgehead atoms. The van der Waals surface area contributed by atoms with Gasteiger partial charge in [-0.3, -0.25) is 4.79 Å². The van der Waals surface area contributed by atoms with Crippen molar-refractivity contribution in [3.63, 3.8) is 0 Å². The van der Waals surface area contributed by atoms with Crippen LogP contribution in [-0.2, 0) is 0 Å². The number of amides is 1. The second kappa shape index (κ2) is 5.79. The van der Waals surface area contributed by atoms with Crippen LogP contribution < -0.4 is 10.6 Å². The molecule has 2 rings (SSSR count). The molecular formula is C13H11BrFN3O. The molecule has 0 aliphatic heterocycles. The summed E-state index contributed by atoms with van der Waals surface area (Å²) >= 11 is 3.25. The summed E-state index contributed by atoms with van der Waals surface area (Å²) in [5.41, 5.74) is 0.781. The molecule has 1 aromatic carbocycles. The minimum atomic E-state index is -0.465. The van der Waals surface area contributed by atoms with E-state index in [2.05, 4.69) is 31.5 Å². The van der Waals surface area contributed by atoms with Gasteiger partial charge in [0.2, 0.25) is 0 Å². The number of carbonyl (C=O) groups is 1. The van der Waals surface area contributed by atoms with Crippen LogP contribution in [-0.4, -0.2) is 17.9 Å². The smallest absolute Gasteiger partial charge is 0.259 e. The van der Waals surface area contributed by atoms with Crippen LogP contribution in [0, 0.1) is 5.82 Å². The summed E-state index contributed by atoms with van der Waals surface area (Å²) in [6.45, 7) is 0. The highest BCUT2D eigenvalue weighted by Gasteiger charge is 2.12. The van der Waals surface area contributed by atoms with Crippen molar-refractivity contribution in [1.82, 2.24) is 4.98 Å². The van der Waals surface area contributed by atoms with E-state index in [1.54, 1.807) is 25.4 Å². The van der Waals surface area contributed by atoms with Crippen LogP contribution in [0.5, 0.6) is 0 Å². The third-order valence-corrected chi connectivity index (χ3v) is 2.93. The summed E-state index contributed by atoms with van der Waals surface area (Å²) in [4.78, 5) is 16.1. The molecule has 0 atom stereocenters. The van der Waals surface area contributed by atoms with Crippen LogP contribution >= 0.6 is 15.9 Å². The number of nitrogens with zero attached hydrogens (tertiary/aromatic N) is 1. The summed E-state index contributed by atoms with van der Waals surface area (Å²) in [5, 5.41) is 5.45. The molecule has 1 heterocycles. The van der Waals surface area contributed by atoms with Crippen LogP contribution in [0.15, 0.2) is 41.0 Å². The molecule has 6 heteroatoms. The molecule has 0 aliphatic rings. The van der Waals surface area contributed by atoms with Gasteiger partial charge < -0.3 is 10.6 Å². The third kappa shape index (κ3) is 3.29. The van der Waals surface area contributed by atoms with E-state index in [1.807, 2.05) is 0 Å². The number of anilines is 2. The lowest BCUT2D eigenvalue weighted by atomic mass is 10.1. The van der Waals surface area contributed by atoms with E-state index >= 15 is 0 Å². The highest BCUT2D eigenvalue weighted by Crippen LogP contribution is 2.18. The van der Waals surface area contributed by atoms with Crippen molar-refractivity contribution >= 4 is 33.3 Å². The number of benzene rings is 1. The molecule has 19 heavy (non-hydrogen) atoms. The Bertz CT molecular complexity index is 601. The molecule has 0 aliphatic carbocycles. The summed E-state index contributed by atoms with van der Waals surface area (Å²) in [6.07, 6.45) is 1.57. The maximum atomic E-state index is 13.2. The molecule has 2 N–H and O–H groups in total. The van der Waals surface area contributed by atoms with Gasteiger partial charge in [0.1, 0.15) is 11.6 Å². The van der Waals surface area contributed by atoms with E-state index in [0.717, 1.165) is 4.47 Å². The number of hydrogen-bond donors (Lipinski definition) is 2. The summed E-state index contributed by atoms with van der Waals surface area (Å²) in [5.74, 6) is -0.480. The minimum absolute atomic E-state index is 0.229. The van der Waals surface area contributed by atoms with Gasteiger partial charge in [0.15, 0.2) is 0 Å². The van der Waals surface area contributed by atoms with Gasteiger partial charge in [-0.05, 0) is 46.3 Å². The van der Waals surface area contributed by atoms with Crippen LogP contribution in [0.4, 0.5) is 15.9 Å². The van der Waals surface area contributed by atoms with E-state index in [-0.39, 0.29) is 5.56 Å². The Morgan fingerprint density at radius 2 is 2.11 bits per heavy atom. The average molecular weight is 324 g/mol. The number of carbonyl (C=O) groups excluding carboxylic acids is 1. The van der Waals surface area contributed by atoms with Gasteiger partial charge in [0.25, 0.3) is 5.91 Å². The number of hydrogen-bond acceptors (Lipinski definition) is 3. The number of pyridine rings is 1. The van der Waals surface area contributed by atoms with Crippen LogP contribution in [0.3, 0.4) is 0 Å². The van der Waals surface area contributed by atoms with Gasteiger partial charge in [-0.2, -0.15) is 0 Å². The molecule has 2 aromatic rings. The molecule has 0 spiro atoms. The molecular weight excluding hydrogens is 313 g/mol. The highest BCUT2D eigenvalue weighted by atomic mass is 79.9. The van der Waals surface area contributed by atoms with Crippen molar-refractivity contribution < 1.29 is 9.18 Å². The standard InChI is InChI=1S/C13H11BrFN3O/c1-16-11-4-3-9(15)6-10(11)13(19)18-12-5-2-8(14)7-17-12/h2-7,16H,1H3,(H,17,18,19). The van der Waals surface area contributed by atoms with Crippen molar-refractivity contribution in [3.05, 3.63) is 52.4 Å². The Kier molecular flexibility index (Phi) is 4.11. The molecule has 1 amide bonds. The van der Waals surface area contributed by atoms with Gasteiger partial charge in [-0.15, -0.1) is 0 Å². The first-order valence-electron chi connectivity index (χ1n) is 5.50. The Morgan fingerprint density at radius 1 is 1.32 bits per heavy atom. The molecule has 4 nitrogen and oxygen atoms in total. The SMILES string of the molecule is CNc1ccc(F)cc1C(=O)Nc1ccc(Br)cn1. The number of nitrogens with one attached hydrogen (secondary N) is 2. The maximum Gasteiger partial charge on any atom is 0.259 e. The Morgan fingerprint density at radius 3 is 2.74 bits per heavy atom. The molecule has 0 unspecified atom stereocenters. The zero-order valence-corrected chi connectivity index (χ0v) is 11.7. The largest absolute Gasteiger partial charge is 0.387 e. The third-order valence-electron chi connectivity index (χ3n) is 2.46. The number of halogens is 2. The Labute approximate surface area is 118 Å². The van der Waals surface area contributed by atoms with Gasteiger partial charge in [0.05, 0.1) is 5.56 Å². The lowest BCUT2D eigenvalue weighted by Crippen LogP contribution is -2.15. The first-order valence-corrected chi connectivity index (χ1v) is 6.29. The van der Waals surface area contributed by atoms with Gasteiger partial charge in [0, 0.05) is 23.4 Å². The summed E-state index contributed by atoms with van der Waals surface area (Å²) in [6, 6.07) is 7.40. The first-order chi connectivity index (χ1) is 9.10. The predicted molar refractivity (Wildman–Crippen MR) is 75.8 cm³/mol. The predicted octanol–water partition coefficient (Wildman–Crippen LogP) is 3.28. The van der Waals surface area contributed by atoms with Crippen molar-refractivity contribution in [2.75, 3.05) is 17.7 Å². The molecule has 0 radical (unpaired) electrons. The summed E-state index contributed by atoms with van der Waals surface area (Å²) in [7, 11) is 1.67. The van der Waals surface area contributed by atoms with E-state index in [9.17, 15) is 9.18 Å². The van der Waals surface area contributed by atoms with Gasteiger partial charge in [-0.1, -0.05) is 0 Å². The fourth-order valence-electron chi connectivity index (χ4n) is 1.56. The maximum absolute atomic E-state index is 13.2. The number of rotatable bonds is 3. The highest BCUT2D eigenvalue weighted by molar-refractivity contribution is 9.10. The lowest BCUT2D eigenvalue weighted by Gasteiger charge is -2.09. The molecule has 0 saturated heterocycles. The van der Waals surface area contributed by atoms with Gasteiger partial charge in [-0.25, -0.2) is 9.37 Å². The van der Waals surface area contributed by atoms with Crippen molar-refractivity contribution in [2.24, 2.45) is 0 Å². The van der Waals surface area contributed by atoms with E-state index in [4.69, 9.17) is 0 Å². The molecule has 1 aromatic heterocycles. The average Bonchev–Trinajstić information content (AvgIpc) is 2.41. The summed E-state index contributed by atoms with van der Waals surface area (Å²) < 4.78 is 14.0. The fraction of sp³-hybridized carbons (Fsp3) is 0.0769. The van der Waals surface area contributed by atoms with Crippen molar-refractivity contribution in [3.8, 4) is 0 Å². The number of aromatic nitrogens is 1. The molecule has 0 fully saturated rings. The van der Waals surface area contributed by atoms with Crippen LogP contribution in [0.2, 0.25) is 0 Å². The fourth-order valence-corrected chi connectivity index (χ4v) is 1.79. The zero-order valence-electron chi connectivity index (χ0n) is 10.1. The van der Waals surface area contributed by atoms with Crippen LogP contribution in [0.25, 0.3) is 0 Å². The topological polar surface area (TPSA) is 54.0 Å². The second-order valence-corrected chi connectivity index (χ2v) is 4.67. The Hall–Kier alpha value is -1.95. The second-order valence-electron chi connectivity index (χ2n) is 3.76. The lowest BCUT2D eigenvalue weighted by molar-refractivity contribution is 0.102. The van der Waals surface area contributed by atoms with E-state index in [1.165, 1.54) is 18.2 Å². The van der Waals surface area contributed by atoms with Crippen molar-refractivity contribution in [2.45, 2.75) is 0 Å². The first kappa shape index (κ1) is 13.5. The monoisotopic (exact) mass is 323 g/mol. The van der Waals surface area contributed by atoms with E-state index < -0.39 is 11.7 Å². The molecule has 98 valence electrons. The van der Waals surface area contributed by atoms with Gasteiger partial charge >= 0.3 is 0 Å². The van der Waals surface area contributed by atoms with Crippen LogP contribution in [0.1, 0.15) is 10.4 Å². The quantitative estimate of drug-likeness (QED) is 0.911. The Balaban J connectivity index is 2.24. The normalized spacial score (nSPS) is 10.1. The zero-order chi connectivity index (χ0) is 13.8. The van der Waals surface area contributed by atoms with Crippen molar-refractivity contribution in [1.29, 1.82) is 0 Å². The van der Waals surface area contributed by atoms with E-state index in [0.29, 0.717) is 11.5 Å².